The van der Waals surface area contributed by atoms with Gasteiger partial charge in [0.25, 0.3) is 11.8 Å². The molecule has 3 heterocycles. The maximum atomic E-state index is 13.2. The summed E-state index contributed by atoms with van der Waals surface area (Å²) in [6, 6.07) is 19.2. The number of carbonyl (C=O) groups is 4. The molecule has 0 atom stereocenters. The molecule has 36 heavy (non-hydrogen) atoms. The van der Waals surface area contributed by atoms with Gasteiger partial charge in [0, 0.05) is 22.7 Å². The number of urea groups is 1. The summed E-state index contributed by atoms with van der Waals surface area (Å²) < 4.78 is 6.99. The van der Waals surface area contributed by atoms with Gasteiger partial charge in [-0.15, -0.1) is 0 Å². The minimum Gasteiger partial charge on any atom is -0.467 e. The summed E-state index contributed by atoms with van der Waals surface area (Å²) in [4.78, 5) is 51.7. The second-order valence-corrected chi connectivity index (χ2v) is 8.28. The van der Waals surface area contributed by atoms with E-state index in [1.165, 1.54) is 12.3 Å². The number of furan rings is 1. The van der Waals surface area contributed by atoms with E-state index in [4.69, 9.17) is 4.42 Å². The Bertz CT molecular complexity index is 1490. The molecule has 1 aliphatic rings. The Hall–Kier alpha value is -4.92. The fourth-order valence-electron chi connectivity index (χ4n) is 4.09. The van der Waals surface area contributed by atoms with Gasteiger partial charge in [-0.2, -0.15) is 0 Å². The summed E-state index contributed by atoms with van der Waals surface area (Å²) in [5, 5.41) is 5.81. The zero-order valence-corrected chi connectivity index (χ0v) is 19.1. The lowest BCUT2D eigenvalue weighted by molar-refractivity contribution is -0.130. The van der Waals surface area contributed by atoms with Crippen molar-refractivity contribution in [2.24, 2.45) is 0 Å². The molecule has 2 aromatic heterocycles. The standard InChI is InChI=1S/C27H22N4O5/c32-24(28-14-20-9-6-12-36-20)17-30-16-19(21-10-4-5-11-23(21)30)13-22-25(33)29-27(35)31(26(22)34)15-18-7-2-1-3-8-18/h1-13,16H,14-15,17H2,(H,28,32)(H,29,33,35). The van der Waals surface area contributed by atoms with E-state index in [9.17, 15) is 19.2 Å². The smallest absolute Gasteiger partial charge is 0.331 e. The molecule has 0 aliphatic carbocycles. The van der Waals surface area contributed by atoms with Crippen LogP contribution in [0.3, 0.4) is 0 Å². The topological polar surface area (TPSA) is 114 Å². The van der Waals surface area contributed by atoms with Gasteiger partial charge in [-0.1, -0.05) is 48.5 Å². The Balaban J connectivity index is 1.42. The van der Waals surface area contributed by atoms with Crippen molar-refractivity contribution in [2.75, 3.05) is 0 Å². The zero-order chi connectivity index (χ0) is 25.1. The van der Waals surface area contributed by atoms with Crippen molar-refractivity contribution in [1.29, 1.82) is 0 Å². The van der Waals surface area contributed by atoms with E-state index in [2.05, 4.69) is 10.6 Å². The largest absolute Gasteiger partial charge is 0.467 e. The third-order valence-corrected chi connectivity index (χ3v) is 5.84. The molecule has 0 unspecified atom stereocenters. The first-order chi connectivity index (χ1) is 17.5. The minimum absolute atomic E-state index is 0.0309. The van der Waals surface area contributed by atoms with Crippen molar-refractivity contribution in [3.8, 4) is 0 Å². The SMILES string of the molecule is O=C(Cn1cc(C=C2C(=O)NC(=O)N(Cc3ccccc3)C2=O)c2ccccc21)NCc1ccco1. The predicted octanol–water partition coefficient (Wildman–Crippen LogP) is 3.21. The van der Waals surface area contributed by atoms with E-state index in [-0.39, 0.29) is 31.1 Å². The highest BCUT2D eigenvalue weighted by atomic mass is 16.3. The van der Waals surface area contributed by atoms with E-state index in [1.54, 1.807) is 35.0 Å². The molecule has 180 valence electrons. The van der Waals surface area contributed by atoms with Crippen LogP contribution in [0, 0.1) is 0 Å². The van der Waals surface area contributed by atoms with Gasteiger partial charge < -0.3 is 14.3 Å². The molecule has 0 spiro atoms. The lowest BCUT2D eigenvalue weighted by atomic mass is 10.1. The number of carbonyl (C=O) groups excluding carboxylic acids is 4. The fraction of sp³-hybridized carbons (Fsp3) is 0.111. The van der Waals surface area contributed by atoms with Gasteiger partial charge >= 0.3 is 6.03 Å². The quantitative estimate of drug-likeness (QED) is 0.310. The lowest BCUT2D eigenvalue weighted by Gasteiger charge is -2.26. The van der Waals surface area contributed by atoms with Gasteiger partial charge in [0.1, 0.15) is 17.9 Å². The second kappa shape index (κ2) is 9.75. The number of amides is 5. The highest BCUT2D eigenvalue weighted by molar-refractivity contribution is 6.31. The van der Waals surface area contributed by atoms with E-state index in [0.717, 1.165) is 21.4 Å². The number of nitrogens with zero attached hydrogens (tertiary/aromatic N) is 2. The summed E-state index contributed by atoms with van der Waals surface area (Å²) >= 11 is 0. The number of para-hydroxylation sites is 1. The molecule has 4 aromatic rings. The van der Waals surface area contributed by atoms with Crippen molar-refractivity contribution in [3.63, 3.8) is 0 Å². The van der Waals surface area contributed by atoms with E-state index < -0.39 is 17.8 Å². The number of imide groups is 2. The number of fused-ring (bicyclic) bond motifs is 1. The summed E-state index contributed by atoms with van der Waals surface area (Å²) in [6.45, 7) is 0.332. The molecular formula is C27H22N4O5. The van der Waals surface area contributed by atoms with Crippen LogP contribution in [0.1, 0.15) is 16.9 Å². The van der Waals surface area contributed by atoms with Crippen molar-refractivity contribution in [3.05, 3.63) is 102 Å². The van der Waals surface area contributed by atoms with Crippen LogP contribution in [0.15, 0.2) is 89.2 Å². The molecule has 2 aromatic carbocycles. The molecular weight excluding hydrogens is 460 g/mol. The average Bonchev–Trinajstić information content (AvgIpc) is 3.52. The summed E-state index contributed by atoms with van der Waals surface area (Å²) in [7, 11) is 0. The molecule has 0 saturated carbocycles. The molecule has 1 fully saturated rings. The number of aromatic nitrogens is 1. The van der Waals surface area contributed by atoms with Crippen LogP contribution in [0.2, 0.25) is 0 Å². The summed E-state index contributed by atoms with van der Waals surface area (Å²) in [6.07, 6.45) is 4.71. The number of hydrogen-bond donors (Lipinski definition) is 2. The Kier molecular flexibility index (Phi) is 6.19. The predicted molar refractivity (Wildman–Crippen MR) is 131 cm³/mol. The Morgan fingerprint density at radius 1 is 0.972 bits per heavy atom. The van der Waals surface area contributed by atoms with Gasteiger partial charge in [-0.3, -0.25) is 24.6 Å². The molecule has 1 aliphatic heterocycles. The van der Waals surface area contributed by atoms with Crippen molar-refractivity contribution < 1.29 is 23.6 Å². The van der Waals surface area contributed by atoms with Crippen LogP contribution in [0.25, 0.3) is 17.0 Å². The minimum atomic E-state index is -0.762. The molecule has 0 bridgehead atoms. The molecule has 5 rings (SSSR count). The van der Waals surface area contributed by atoms with Crippen LogP contribution in [-0.4, -0.2) is 33.2 Å². The number of hydrogen-bond acceptors (Lipinski definition) is 5. The summed E-state index contributed by atoms with van der Waals surface area (Å²) in [5.74, 6) is -1.03. The third kappa shape index (κ3) is 4.67. The number of nitrogens with one attached hydrogen (secondary N) is 2. The van der Waals surface area contributed by atoms with Crippen LogP contribution in [0.4, 0.5) is 4.79 Å². The van der Waals surface area contributed by atoms with Crippen LogP contribution >= 0.6 is 0 Å². The van der Waals surface area contributed by atoms with Gasteiger partial charge in [0.2, 0.25) is 5.91 Å². The Labute approximate surface area is 206 Å². The van der Waals surface area contributed by atoms with Gasteiger partial charge in [-0.05, 0) is 29.8 Å². The molecule has 0 radical (unpaired) electrons. The lowest BCUT2D eigenvalue weighted by Crippen LogP contribution is -2.53. The first-order valence-corrected chi connectivity index (χ1v) is 11.3. The van der Waals surface area contributed by atoms with Gasteiger partial charge in [0.15, 0.2) is 0 Å². The number of rotatable bonds is 7. The first-order valence-electron chi connectivity index (χ1n) is 11.3. The highest BCUT2D eigenvalue weighted by Gasteiger charge is 2.35. The molecule has 2 N–H and O–H groups in total. The summed E-state index contributed by atoms with van der Waals surface area (Å²) in [5.41, 5.74) is 1.94. The average molecular weight is 482 g/mol. The van der Waals surface area contributed by atoms with Crippen molar-refractivity contribution >= 4 is 40.7 Å². The first kappa shape index (κ1) is 22.9. The maximum absolute atomic E-state index is 13.2. The van der Waals surface area contributed by atoms with Crippen molar-refractivity contribution in [2.45, 2.75) is 19.6 Å². The van der Waals surface area contributed by atoms with Gasteiger partial charge in [-0.25, -0.2) is 4.79 Å². The van der Waals surface area contributed by atoms with Crippen LogP contribution in [0.5, 0.6) is 0 Å². The van der Waals surface area contributed by atoms with Crippen LogP contribution in [-0.2, 0) is 34.0 Å². The zero-order valence-electron chi connectivity index (χ0n) is 19.1. The monoisotopic (exact) mass is 482 g/mol. The fourth-order valence-corrected chi connectivity index (χ4v) is 4.09. The van der Waals surface area contributed by atoms with E-state index in [1.807, 2.05) is 42.5 Å². The van der Waals surface area contributed by atoms with Gasteiger partial charge in [0.05, 0.1) is 19.4 Å². The molecule has 9 nitrogen and oxygen atoms in total. The number of barbiturate groups is 1. The number of benzene rings is 2. The third-order valence-electron chi connectivity index (χ3n) is 5.84. The highest BCUT2D eigenvalue weighted by Crippen LogP contribution is 2.25. The molecule has 1 saturated heterocycles. The molecule has 5 amide bonds. The normalized spacial score (nSPS) is 14.9. The molecule has 9 heteroatoms. The van der Waals surface area contributed by atoms with E-state index >= 15 is 0 Å². The maximum Gasteiger partial charge on any atom is 0.331 e. The van der Waals surface area contributed by atoms with Crippen molar-refractivity contribution in [1.82, 2.24) is 20.1 Å². The Morgan fingerprint density at radius 2 is 1.75 bits per heavy atom. The Morgan fingerprint density at radius 3 is 2.53 bits per heavy atom. The van der Waals surface area contributed by atoms with E-state index in [0.29, 0.717) is 11.3 Å². The van der Waals surface area contributed by atoms with Crippen LogP contribution < -0.4 is 10.6 Å². The second-order valence-electron chi connectivity index (χ2n) is 8.28.